The number of hydrogen-bond donors (Lipinski definition) is 17. The van der Waals surface area contributed by atoms with Crippen LogP contribution >= 0.6 is 0 Å². The number of aliphatic hydroxyl groups is 4. The van der Waals surface area contributed by atoms with Crippen molar-refractivity contribution < 1.29 is 88.5 Å². The van der Waals surface area contributed by atoms with E-state index in [9.17, 15) is 88.5 Å². The zero-order chi connectivity index (χ0) is 56.7. The first kappa shape index (κ1) is 63.3. The number of amides is 9. The third-order valence-electron chi connectivity index (χ3n) is 11.4. The minimum absolute atomic E-state index is 0.184. The lowest BCUT2D eigenvalue weighted by Gasteiger charge is -2.30. The average Bonchev–Trinajstić information content (AvgIpc) is 3.35. The number of aliphatic hydroxyl groups excluding tert-OH is 4. The SMILES string of the molecule is CC[C@H](C)[C@H](NC(=O)[C@@H](NC(=O)[C@H](Cc1ccc(O)cc1)NC(=O)[C@@H](NC(=O)[C@H](CC(=O)O)NC(=O)[C@H](Cc1ccccc1)NC(=O)[C@@H](NC(=O)CNC(=O)CN)[C@@H](C)O)[C@@H](C)O)[C@@H](C)O)C(=O)N[C@@H](CO)C(=O)O. The molecule has 0 aliphatic carbocycles. The number of rotatable bonds is 31. The van der Waals surface area contributed by atoms with Crippen LogP contribution in [0.2, 0.25) is 0 Å². The fraction of sp³-hybridized carbons (Fsp3) is 0.511. The summed E-state index contributed by atoms with van der Waals surface area (Å²) in [5.41, 5.74) is 5.95. The van der Waals surface area contributed by atoms with Crippen LogP contribution in [0.25, 0.3) is 0 Å². The molecule has 0 saturated heterocycles. The number of phenolic OH excluding ortho intramolecular Hbond substituents is 1. The highest BCUT2D eigenvalue weighted by atomic mass is 16.4. The first-order chi connectivity index (χ1) is 35.2. The number of hydrogen-bond acceptors (Lipinski definition) is 17. The summed E-state index contributed by atoms with van der Waals surface area (Å²) < 4.78 is 0. The molecule has 12 atom stereocenters. The largest absolute Gasteiger partial charge is 0.508 e. The molecule has 0 unspecified atom stereocenters. The fourth-order valence-corrected chi connectivity index (χ4v) is 6.91. The minimum Gasteiger partial charge on any atom is -0.508 e. The number of benzene rings is 2. The molecule has 0 aromatic heterocycles. The number of aliphatic carboxylic acids is 2. The molecule has 9 amide bonds. The van der Waals surface area contributed by atoms with Crippen molar-refractivity contribution in [2.75, 3.05) is 19.7 Å². The van der Waals surface area contributed by atoms with Gasteiger partial charge in [0.15, 0.2) is 0 Å². The fourth-order valence-electron chi connectivity index (χ4n) is 6.91. The van der Waals surface area contributed by atoms with Gasteiger partial charge in [0, 0.05) is 12.8 Å². The highest BCUT2D eigenvalue weighted by molar-refractivity contribution is 5.99. The smallest absolute Gasteiger partial charge is 0.328 e. The predicted octanol–water partition coefficient (Wildman–Crippen LogP) is -6.13. The van der Waals surface area contributed by atoms with Crippen LogP contribution in [-0.4, -0.2) is 187 Å². The van der Waals surface area contributed by atoms with E-state index in [1.165, 1.54) is 31.2 Å². The first-order valence-corrected chi connectivity index (χ1v) is 23.5. The summed E-state index contributed by atoms with van der Waals surface area (Å²) in [6, 6.07) is -1.05. The van der Waals surface area contributed by atoms with E-state index < -0.39 is 170 Å². The third-order valence-corrected chi connectivity index (χ3v) is 11.4. The van der Waals surface area contributed by atoms with Crippen LogP contribution in [0, 0.1) is 5.92 Å². The highest BCUT2D eigenvalue weighted by Crippen LogP contribution is 2.14. The van der Waals surface area contributed by atoms with Crippen LogP contribution in [0.5, 0.6) is 5.75 Å². The van der Waals surface area contributed by atoms with Crippen molar-refractivity contribution in [2.24, 2.45) is 11.7 Å². The van der Waals surface area contributed by atoms with Gasteiger partial charge in [0.25, 0.3) is 0 Å². The molecule has 2 aromatic rings. The van der Waals surface area contributed by atoms with Gasteiger partial charge in [0.1, 0.15) is 54.1 Å². The second kappa shape index (κ2) is 31.1. The van der Waals surface area contributed by atoms with Crippen molar-refractivity contribution in [3.63, 3.8) is 0 Å². The topological polar surface area (TPSA) is 464 Å². The van der Waals surface area contributed by atoms with E-state index in [-0.39, 0.29) is 24.2 Å². The molecule has 28 heteroatoms. The average molecular weight is 1060 g/mol. The predicted molar refractivity (Wildman–Crippen MR) is 261 cm³/mol. The lowest BCUT2D eigenvalue weighted by molar-refractivity contribution is -0.144. The second-order valence-electron chi connectivity index (χ2n) is 17.5. The molecule has 0 saturated carbocycles. The van der Waals surface area contributed by atoms with E-state index in [1.54, 1.807) is 37.3 Å². The molecule has 18 N–H and O–H groups in total. The van der Waals surface area contributed by atoms with Gasteiger partial charge in [0.2, 0.25) is 53.2 Å². The number of carbonyl (C=O) groups is 11. The summed E-state index contributed by atoms with van der Waals surface area (Å²) in [6.07, 6.45) is -6.71. The van der Waals surface area contributed by atoms with E-state index in [1.807, 2.05) is 0 Å². The van der Waals surface area contributed by atoms with Crippen molar-refractivity contribution in [1.29, 1.82) is 0 Å². The van der Waals surface area contributed by atoms with Crippen LogP contribution in [0.3, 0.4) is 0 Å². The molecular formula is C47H68N10O18. The molecule has 0 aliphatic heterocycles. The number of nitrogens with one attached hydrogen (secondary N) is 9. The van der Waals surface area contributed by atoms with Crippen LogP contribution in [0.4, 0.5) is 0 Å². The van der Waals surface area contributed by atoms with Gasteiger partial charge in [0.05, 0.1) is 44.4 Å². The summed E-state index contributed by atoms with van der Waals surface area (Å²) in [5.74, 6) is -14.0. The van der Waals surface area contributed by atoms with Crippen molar-refractivity contribution >= 4 is 65.1 Å². The molecule has 414 valence electrons. The summed E-state index contributed by atoms with van der Waals surface area (Å²) in [4.78, 5) is 144. The van der Waals surface area contributed by atoms with Gasteiger partial charge in [-0.2, -0.15) is 0 Å². The van der Waals surface area contributed by atoms with Gasteiger partial charge in [-0.15, -0.1) is 0 Å². The number of carboxylic acid groups (broad SMARTS) is 2. The Morgan fingerprint density at radius 3 is 1.35 bits per heavy atom. The molecule has 0 radical (unpaired) electrons. The van der Waals surface area contributed by atoms with E-state index in [0.29, 0.717) is 5.56 Å². The molecule has 0 spiro atoms. The maximum Gasteiger partial charge on any atom is 0.328 e. The molecule has 0 heterocycles. The van der Waals surface area contributed by atoms with Crippen LogP contribution in [-0.2, 0) is 65.6 Å². The summed E-state index contributed by atoms with van der Waals surface area (Å²) >= 11 is 0. The molecule has 0 aliphatic rings. The molecular weight excluding hydrogens is 993 g/mol. The van der Waals surface area contributed by atoms with Crippen LogP contribution in [0.15, 0.2) is 54.6 Å². The Kier molecular flexibility index (Phi) is 26.2. The number of phenols is 1. The Morgan fingerprint density at radius 1 is 0.507 bits per heavy atom. The maximum atomic E-state index is 14.1. The Balaban J connectivity index is 2.47. The minimum atomic E-state index is -2.04. The van der Waals surface area contributed by atoms with Gasteiger partial charge in [-0.1, -0.05) is 62.7 Å². The monoisotopic (exact) mass is 1060 g/mol. The first-order valence-electron chi connectivity index (χ1n) is 23.5. The van der Waals surface area contributed by atoms with Crippen LogP contribution < -0.4 is 53.6 Å². The number of nitrogens with two attached hydrogens (primary N) is 1. The van der Waals surface area contributed by atoms with Crippen molar-refractivity contribution in [2.45, 2.75) is 127 Å². The molecule has 28 nitrogen and oxygen atoms in total. The van der Waals surface area contributed by atoms with E-state index in [4.69, 9.17) is 5.73 Å². The van der Waals surface area contributed by atoms with Gasteiger partial charge < -0.3 is 89.3 Å². The van der Waals surface area contributed by atoms with Crippen molar-refractivity contribution in [3.8, 4) is 5.75 Å². The normalized spacial score (nSPS) is 15.8. The number of carboxylic acids is 2. The van der Waals surface area contributed by atoms with Crippen molar-refractivity contribution in [1.82, 2.24) is 47.9 Å². The quantitative estimate of drug-likeness (QED) is 0.0334. The third kappa shape index (κ3) is 21.3. The maximum absolute atomic E-state index is 14.1. The Morgan fingerprint density at radius 2 is 0.907 bits per heavy atom. The zero-order valence-corrected chi connectivity index (χ0v) is 41.8. The molecule has 0 bridgehead atoms. The zero-order valence-electron chi connectivity index (χ0n) is 41.8. The van der Waals surface area contributed by atoms with Gasteiger partial charge in [-0.3, -0.25) is 47.9 Å². The van der Waals surface area contributed by atoms with Crippen LogP contribution in [0.1, 0.15) is 58.6 Å². The summed E-state index contributed by atoms with van der Waals surface area (Å²) in [5, 5.41) is 90.6. The Hall–Kier alpha value is -7.79. The molecule has 0 fully saturated rings. The molecule has 75 heavy (non-hydrogen) atoms. The lowest BCUT2D eigenvalue weighted by atomic mass is 9.97. The second-order valence-corrected chi connectivity index (χ2v) is 17.5. The molecule has 2 aromatic carbocycles. The van der Waals surface area contributed by atoms with E-state index in [0.717, 1.165) is 20.8 Å². The van der Waals surface area contributed by atoms with E-state index in [2.05, 4.69) is 47.9 Å². The summed E-state index contributed by atoms with van der Waals surface area (Å²) in [6.45, 7) is 4.39. The van der Waals surface area contributed by atoms with E-state index >= 15 is 0 Å². The standard InChI is InChI=1S/C47H68N10O18/c1-6-22(2)36(43(70)53-32(21-58)47(74)75)55-46(73)39(25(5)61)57-41(68)30(17-27-12-14-28(62)15-13-27)52-45(72)38(24(4)60)56-42(69)31(18-35(65)66)50-40(67)29(16-26-10-8-7-9-11-26)51-44(71)37(23(3)59)54-34(64)20-49-33(63)19-48/h7-15,22-25,29-32,36-39,58-62H,6,16-21,48H2,1-5H3,(H,49,63)(H,50,67)(H,51,71)(H,52,72)(H,53,70)(H,54,64)(H,55,73)(H,56,69)(H,57,68)(H,65,66)(H,74,75)/t22-,23+,24+,25+,29-,30-,31-,32-,36-,37-,38-,39-/m0/s1. The number of carbonyl (C=O) groups excluding carboxylic acids is 9. The van der Waals surface area contributed by atoms with Crippen molar-refractivity contribution in [3.05, 3.63) is 65.7 Å². The Labute approximate surface area is 430 Å². The summed E-state index contributed by atoms with van der Waals surface area (Å²) in [7, 11) is 0. The highest BCUT2D eigenvalue weighted by Gasteiger charge is 2.38. The van der Waals surface area contributed by atoms with Gasteiger partial charge in [-0.25, -0.2) is 4.79 Å². The van der Waals surface area contributed by atoms with Gasteiger partial charge in [-0.05, 0) is 49.9 Å². The van der Waals surface area contributed by atoms with Gasteiger partial charge >= 0.3 is 11.9 Å². The Bertz CT molecular complexity index is 2300. The molecule has 2 rings (SSSR count). The number of aromatic hydroxyl groups is 1. The lowest BCUT2D eigenvalue weighted by Crippen LogP contribution is -2.63.